The van der Waals surface area contributed by atoms with Crippen LogP contribution in [0.2, 0.25) is 0 Å². The van der Waals surface area contributed by atoms with Gasteiger partial charge in [0.15, 0.2) is 0 Å². The molecule has 1 rings (SSSR count). The highest BCUT2D eigenvalue weighted by molar-refractivity contribution is 6.10. The smallest absolute Gasteiger partial charge is 0.339 e. The zero-order valence-corrected chi connectivity index (χ0v) is 41.4. The highest BCUT2D eigenvalue weighted by atomic mass is 16.5. The lowest BCUT2D eigenvalue weighted by atomic mass is 9.97. The van der Waals surface area contributed by atoms with Crippen LogP contribution in [-0.2, 0) is 18.9 Å². The van der Waals surface area contributed by atoms with E-state index in [0.717, 1.165) is 101 Å². The molecule has 1 aromatic rings. The number of benzene rings is 1. The van der Waals surface area contributed by atoms with Crippen molar-refractivity contribution < 1.29 is 38.1 Å². The predicted octanol–water partition coefficient (Wildman–Crippen LogP) is 15.9. The molecule has 0 aliphatic carbocycles. The first-order chi connectivity index (χ1) is 29.8. The van der Waals surface area contributed by atoms with Crippen LogP contribution in [0.25, 0.3) is 0 Å². The summed E-state index contributed by atoms with van der Waals surface area (Å²) in [6.07, 6.45) is 30.0. The van der Waals surface area contributed by atoms with E-state index in [4.69, 9.17) is 18.9 Å². The molecule has 0 aliphatic heterocycles. The molecule has 0 spiro atoms. The van der Waals surface area contributed by atoms with Crippen LogP contribution in [0.15, 0.2) is 12.1 Å². The molecule has 0 saturated heterocycles. The van der Waals surface area contributed by atoms with Crippen molar-refractivity contribution in [3.05, 3.63) is 34.4 Å². The first-order valence-electron chi connectivity index (χ1n) is 25.7. The van der Waals surface area contributed by atoms with E-state index in [9.17, 15) is 19.2 Å². The van der Waals surface area contributed by atoms with Gasteiger partial charge in [-0.3, -0.25) is 0 Å². The van der Waals surface area contributed by atoms with Gasteiger partial charge in [-0.2, -0.15) is 0 Å². The fourth-order valence-electron chi connectivity index (χ4n) is 7.69. The van der Waals surface area contributed by atoms with E-state index in [0.29, 0.717) is 25.7 Å². The summed E-state index contributed by atoms with van der Waals surface area (Å²) in [7, 11) is 0. The summed E-state index contributed by atoms with van der Waals surface area (Å²) in [6.45, 7) is 18.8. The van der Waals surface area contributed by atoms with Gasteiger partial charge in [0.2, 0.25) is 0 Å². The summed E-state index contributed by atoms with van der Waals surface area (Å²) in [5.41, 5.74) is -0.403. The quantitative estimate of drug-likeness (QED) is 0.0365. The molecule has 0 radical (unpaired) electrons. The van der Waals surface area contributed by atoms with Crippen molar-refractivity contribution in [1.82, 2.24) is 0 Å². The minimum absolute atomic E-state index is 0.101. The topological polar surface area (TPSA) is 105 Å². The molecule has 0 atom stereocenters. The summed E-state index contributed by atoms with van der Waals surface area (Å²) in [5, 5.41) is 0. The molecule has 0 fully saturated rings. The summed E-state index contributed by atoms with van der Waals surface area (Å²) in [5.74, 6) is -0.0327. The average molecular weight is 871 g/mol. The second kappa shape index (κ2) is 37.5. The van der Waals surface area contributed by atoms with E-state index < -0.39 is 23.9 Å². The SMILES string of the molecule is CC(C)CCCCCCCCOC(=O)c1cc(C(=O)OCCCCCCCCC(C)C)c(C(=O)OCCCCCCCCC(C)C)cc1C(=O)OCCCCCCCCC(C)C. The fourth-order valence-corrected chi connectivity index (χ4v) is 7.69. The summed E-state index contributed by atoms with van der Waals surface area (Å²) in [6, 6.07) is 2.57. The predicted molar refractivity (Wildman–Crippen MR) is 256 cm³/mol. The van der Waals surface area contributed by atoms with E-state index in [2.05, 4.69) is 55.4 Å². The Hall–Kier alpha value is -2.90. The molecule has 0 saturated carbocycles. The third kappa shape index (κ3) is 30.2. The van der Waals surface area contributed by atoms with E-state index >= 15 is 0 Å². The Bertz CT molecular complexity index is 1120. The van der Waals surface area contributed by atoms with Crippen molar-refractivity contribution in [2.24, 2.45) is 23.7 Å². The lowest BCUT2D eigenvalue weighted by Crippen LogP contribution is -2.21. The zero-order valence-electron chi connectivity index (χ0n) is 41.4. The van der Waals surface area contributed by atoms with Crippen LogP contribution in [0.1, 0.15) is 277 Å². The lowest BCUT2D eigenvalue weighted by Gasteiger charge is -2.15. The maximum absolute atomic E-state index is 13.7. The van der Waals surface area contributed by atoms with Crippen molar-refractivity contribution in [1.29, 1.82) is 0 Å². The number of carbonyl (C=O) groups excluding carboxylic acids is 4. The van der Waals surface area contributed by atoms with Gasteiger partial charge in [-0.05, 0) is 61.5 Å². The van der Waals surface area contributed by atoms with E-state index in [-0.39, 0.29) is 48.7 Å². The van der Waals surface area contributed by atoms with Crippen molar-refractivity contribution >= 4 is 23.9 Å². The van der Waals surface area contributed by atoms with Crippen molar-refractivity contribution in [3.8, 4) is 0 Å². The Morgan fingerprint density at radius 1 is 0.290 bits per heavy atom. The van der Waals surface area contributed by atoms with Crippen LogP contribution in [0.4, 0.5) is 0 Å². The third-order valence-electron chi connectivity index (χ3n) is 11.7. The maximum atomic E-state index is 13.7. The molecular formula is C54H94O8. The highest BCUT2D eigenvalue weighted by Gasteiger charge is 2.29. The number of hydrogen-bond donors (Lipinski definition) is 0. The monoisotopic (exact) mass is 871 g/mol. The van der Waals surface area contributed by atoms with Crippen molar-refractivity contribution in [2.75, 3.05) is 26.4 Å². The Morgan fingerprint density at radius 2 is 0.452 bits per heavy atom. The number of unbranched alkanes of at least 4 members (excludes halogenated alkanes) is 20. The van der Waals surface area contributed by atoms with Crippen molar-refractivity contribution in [2.45, 2.75) is 235 Å². The van der Waals surface area contributed by atoms with Gasteiger partial charge in [-0.25, -0.2) is 19.2 Å². The number of ether oxygens (including phenoxy) is 4. The lowest BCUT2D eigenvalue weighted by molar-refractivity contribution is 0.0434. The molecule has 8 nitrogen and oxygen atoms in total. The van der Waals surface area contributed by atoms with Gasteiger partial charge < -0.3 is 18.9 Å². The second-order valence-electron chi connectivity index (χ2n) is 19.7. The van der Waals surface area contributed by atoms with Crippen LogP contribution in [0.5, 0.6) is 0 Å². The third-order valence-corrected chi connectivity index (χ3v) is 11.7. The van der Waals surface area contributed by atoms with Crippen LogP contribution in [0, 0.1) is 23.7 Å². The van der Waals surface area contributed by atoms with Gasteiger partial charge in [0.25, 0.3) is 0 Å². The van der Waals surface area contributed by atoms with Gasteiger partial charge in [0.1, 0.15) is 0 Å². The van der Waals surface area contributed by atoms with Gasteiger partial charge in [0.05, 0.1) is 48.7 Å². The highest BCUT2D eigenvalue weighted by Crippen LogP contribution is 2.24. The molecular weight excluding hydrogens is 777 g/mol. The number of rotatable bonds is 40. The van der Waals surface area contributed by atoms with Gasteiger partial charge in [0, 0.05) is 0 Å². The van der Waals surface area contributed by atoms with Gasteiger partial charge in [-0.15, -0.1) is 0 Å². The summed E-state index contributed by atoms with van der Waals surface area (Å²) < 4.78 is 22.8. The molecule has 0 N–H and O–H groups in total. The van der Waals surface area contributed by atoms with Crippen LogP contribution < -0.4 is 0 Å². The Labute approximate surface area is 380 Å². The first kappa shape index (κ1) is 57.1. The minimum Gasteiger partial charge on any atom is -0.462 e. The Kier molecular flexibility index (Phi) is 34.5. The molecule has 8 heteroatoms. The zero-order chi connectivity index (χ0) is 45.8. The number of hydrogen-bond acceptors (Lipinski definition) is 8. The van der Waals surface area contributed by atoms with Crippen LogP contribution in [0.3, 0.4) is 0 Å². The van der Waals surface area contributed by atoms with Crippen LogP contribution in [-0.4, -0.2) is 50.3 Å². The molecule has 0 bridgehead atoms. The number of esters is 4. The van der Waals surface area contributed by atoms with Crippen LogP contribution >= 0.6 is 0 Å². The Morgan fingerprint density at radius 3 is 0.629 bits per heavy atom. The van der Waals surface area contributed by atoms with Gasteiger partial charge >= 0.3 is 23.9 Å². The molecule has 358 valence electrons. The Balaban J connectivity index is 3.13. The molecule has 0 unspecified atom stereocenters. The summed E-state index contributed by atoms with van der Waals surface area (Å²) >= 11 is 0. The molecule has 62 heavy (non-hydrogen) atoms. The maximum Gasteiger partial charge on any atom is 0.339 e. The second-order valence-corrected chi connectivity index (χ2v) is 19.7. The van der Waals surface area contributed by atoms with Crippen molar-refractivity contribution in [3.63, 3.8) is 0 Å². The van der Waals surface area contributed by atoms with E-state index in [1.165, 1.54) is 89.2 Å². The van der Waals surface area contributed by atoms with Gasteiger partial charge in [-0.1, -0.05) is 209 Å². The average Bonchev–Trinajstić information content (AvgIpc) is 3.22. The summed E-state index contributed by atoms with van der Waals surface area (Å²) in [4.78, 5) is 54.9. The standard InChI is InChI=1S/C54H94O8/c1-43(2)33-25-17-9-13-21-29-37-59-51(55)47-41-49(53(57)61-39-31-23-15-11-19-27-35-45(5)6)50(54(58)62-40-32-24-16-12-20-28-36-46(7)8)42-48(47)52(56)60-38-30-22-14-10-18-26-34-44(3)4/h41-46H,9-40H2,1-8H3. The minimum atomic E-state index is -0.727. The molecule has 1 aromatic carbocycles. The first-order valence-corrected chi connectivity index (χ1v) is 25.7. The largest absolute Gasteiger partial charge is 0.462 e. The molecule has 0 aliphatic rings. The number of carbonyl (C=O) groups is 4. The molecule has 0 amide bonds. The fraction of sp³-hybridized carbons (Fsp3) is 0.815. The molecule has 0 aromatic heterocycles. The molecule has 0 heterocycles. The van der Waals surface area contributed by atoms with E-state index in [1.54, 1.807) is 0 Å². The van der Waals surface area contributed by atoms with E-state index in [1.807, 2.05) is 0 Å². The normalized spacial score (nSPS) is 11.5.